The lowest BCUT2D eigenvalue weighted by Gasteiger charge is -1.95. The zero-order valence-corrected chi connectivity index (χ0v) is 15.9. The van der Waals surface area contributed by atoms with Gasteiger partial charge in [0, 0.05) is 5.56 Å². The highest BCUT2D eigenvalue weighted by molar-refractivity contribution is 7.98. The Hall–Kier alpha value is -2.97. The number of thioether (sulfide) groups is 1. The van der Waals surface area contributed by atoms with Crippen LogP contribution in [0.4, 0.5) is 4.39 Å². The van der Waals surface area contributed by atoms with Crippen LogP contribution in [0.3, 0.4) is 0 Å². The molecule has 0 radical (unpaired) electrons. The molecule has 0 aliphatic heterocycles. The van der Waals surface area contributed by atoms with Gasteiger partial charge in [-0.15, -0.1) is 5.10 Å². The van der Waals surface area contributed by atoms with Crippen molar-refractivity contribution in [3.8, 4) is 11.4 Å². The molecule has 4 rings (SSSR count). The predicted octanol–water partition coefficient (Wildman–Crippen LogP) is 5.11. The number of benzene rings is 2. The highest BCUT2D eigenvalue weighted by Gasteiger charge is 2.12. The smallest absolute Gasteiger partial charge is 0.237 e. The molecule has 0 fully saturated rings. The molecule has 140 valence electrons. The molecule has 9 heteroatoms. The van der Waals surface area contributed by atoms with Gasteiger partial charge in [-0.1, -0.05) is 58.9 Å². The van der Waals surface area contributed by atoms with E-state index in [2.05, 4.69) is 25.3 Å². The van der Waals surface area contributed by atoms with Gasteiger partial charge in [0.05, 0.1) is 10.8 Å². The van der Waals surface area contributed by atoms with Crippen LogP contribution < -0.4 is 0 Å². The molecule has 6 nitrogen and oxygen atoms in total. The average molecular weight is 414 g/mol. The summed E-state index contributed by atoms with van der Waals surface area (Å²) >= 11 is 7.51. The van der Waals surface area contributed by atoms with Crippen LogP contribution in [-0.2, 0) is 5.75 Å². The zero-order valence-electron chi connectivity index (χ0n) is 14.3. The summed E-state index contributed by atoms with van der Waals surface area (Å²) in [6, 6.07) is 13.5. The first kappa shape index (κ1) is 18.4. The van der Waals surface area contributed by atoms with Crippen LogP contribution in [0.5, 0.6) is 0 Å². The van der Waals surface area contributed by atoms with Crippen LogP contribution in [0.1, 0.15) is 17.3 Å². The number of aromatic amines is 1. The monoisotopic (exact) mass is 413 g/mol. The number of aromatic nitrogens is 5. The van der Waals surface area contributed by atoms with Gasteiger partial charge in [0.2, 0.25) is 16.9 Å². The summed E-state index contributed by atoms with van der Waals surface area (Å²) in [7, 11) is 0. The molecule has 0 atom stereocenters. The quantitative estimate of drug-likeness (QED) is 0.442. The van der Waals surface area contributed by atoms with E-state index in [0.29, 0.717) is 33.5 Å². The minimum atomic E-state index is -0.269. The number of H-pyrrole nitrogens is 1. The van der Waals surface area contributed by atoms with Gasteiger partial charge in [-0.2, -0.15) is 4.98 Å². The van der Waals surface area contributed by atoms with Gasteiger partial charge >= 0.3 is 0 Å². The minimum absolute atomic E-state index is 0.269. The number of rotatable bonds is 6. The van der Waals surface area contributed by atoms with Gasteiger partial charge < -0.3 is 4.52 Å². The number of hydrogen-bond acceptors (Lipinski definition) is 6. The molecule has 4 aromatic rings. The molecule has 0 unspecified atom stereocenters. The second kappa shape index (κ2) is 8.37. The summed E-state index contributed by atoms with van der Waals surface area (Å²) in [6.07, 6.45) is 3.59. The Morgan fingerprint density at radius 1 is 1.07 bits per heavy atom. The Morgan fingerprint density at radius 3 is 2.71 bits per heavy atom. The van der Waals surface area contributed by atoms with Crippen LogP contribution in [0.2, 0.25) is 5.02 Å². The third-order valence-electron chi connectivity index (χ3n) is 3.69. The Labute approximate surface area is 168 Å². The summed E-state index contributed by atoms with van der Waals surface area (Å²) in [5, 5.41) is 12.1. The summed E-state index contributed by atoms with van der Waals surface area (Å²) in [5.74, 6) is 1.65. The normalized spacial score (nSPS) is 11.4. The number of hydrogen-bond donors (Lipinski definition) is 1. The third kappa shape index (κ3) is 4.47. The van der Waals surface area contributed by atoms with Crippen LogP contribution in [-0.4, -0.2) is 25.3 Å². The molecule has 0 saturated heterocycles. The van der Waals surface area contributed by atoms with Crippen molar-refractivity contribution in [2.24, 2.45) is 0 Å². The fourth-order valence-corrected chi connectivity index (χ4v) is 3.20. The molecule has 28 heavy (non-hydrogen) atoms. The van der Waals surface area contributed by atoms with Crippen LogP contribution >= 0.6 is 23.4 Å². The van der Waals surface area contributed by atoms with E-state index >= 15 is 0 Å². The number of nitrogens with one attached hydrogen (secondary N) is 1. The van der Waals surface area contributed by atoms with Gasteiger partial charge in [0.1, 0.15) is 11.6 Å². The Balaban J connectivity index is 1.37. The molecule has 2 heterocycles. The first-order chi connectivity index (χ1) is 13.7. The Bertz CT molecular complexity index is 1110. The molecule has 0 amide bonds. The molecule has 2 aromatic heterocycles. The van der Waals surface area contributed by atoms with Gasteiger partial charge in [0.15, 0.2) is 0 Å². The van der Waals surface area contributed by atoms with Gasteiger partial charge in [-0.3, -0.25) is 5.10 Å². The van der Waals surface area contributed by atoms with Crippen molar-refractivity contribution < 1.29 is 8.91 Å². The zero-order chi connectivity index (χ0) is 19.3. The summed E-state index contributed by atoms with van der Waals surface area (Å²) < 4.78 is 18.2. The van der Waals surface area contributed by atoms with Crippen molar-refractivity contribution in [1.82, 2.24) is 25.3 Å². The van der Waals surface area contributed by atoms with E-state index in [1.165, 1.54) is 23.9 Å². The lowest BCUT2D eigenvalue weighted by molar-refractivity contribution is 0.391. The largest absolute Gasteiger partial charge is 0.338 e. The highest BCUT2D eigenvalue weighted by atomic mass is 35.5. The van der Waals surface area contributed by atoms with Gasteiger partial charge in [-0.25, -0.2) is 9.37 Å². The number of nitrogens with zero attached hydrogens (tertiary/aromatic N) is 4. The molecule has 0 saturated carbocycles. The summed E-state index contributed by atoms with van der Waals surface area (Å²) in [5.41, 5.74) is 1.58. The number of halogens is 2. The highest BCUT2D eigenvalue weighted by Crippen LogP contribution is 2.26. The SMILES string of the molecule is Fc1ccc(/C=C/c2nc(SCc3nc(-c4ccccc4Cl)no3)n[nH]2)cc1. The van der Waals surface area contributed by atoms with Crippen molar-refractivity contribution in [3.63, 3.8) is 0 Å². The molecule has 2 aromatic carbocycles. The maximum absolute atomic E-state index is 12.9. The van der Waals surface area contributed by atoms with Crippen molar-refractivity contribution in [2.75, 3.05) is 0 Å². The molecular weight excluding hydrogens is 401 g/mol. The van der Waals surface area contributed by atoms with Gasteiger partial charge in [0.25, 0.3) is 0 Å². The summed E-state index contributed by atoms with van der Waals surface area (Å²) in [4.78, 5) is 8.71. The molecule has 0 aliphatic carbocycles. The van der Waals surface area contributed by atoms with E-state index in [9.17, 15) is 4.39 Å². The third-order valence-corrected chi connectivity index (χ3v) is 4.86. The predicted molar refractivity (Wildman–Crippen MR) is 106 cm³/mol. The molecule has 0 aliphatic rings. The standard InChI is InChI=1S/C19H13ClFN5OS/c20-15-4-2-1-3-14(15)18-23-17(27-26-18)11-28-19-22-16(24-25-19)10-7-12-5-8-13(21)9-6-12/h1-10H,11H2,(H,22,24,25)/b10-7+. The lowest BCUT2D eigenvalue weighted by Crippen LogP contribution is -1.84. The summed E-state index contributed by atoms with van der Waals surface area (Å²) in [6.45, 7) is 0. The fourth-order valence-electron chi connectivity index (χ4n) is 2.34. The van der Waals surface area contributed by atoms with Crippen LogP contribution in [0, 0.1) is 5.82 Å². The topological polar surface area (TPSA) is 80.5 Å². The van der Waals surface area contributed by atoms with Crippen molar-refractivity contribution >= 4 is 35.5 Å². The van der Waals surface area contributed by atoms with E-state index in [4.69, 9.17) is 16.1 Å². The van der Waals surface area contributed by atoms with Crippen molar-refractivity contribution in [3.05, 3.63) is 76.6 Å². The first-order valence-electron chi connectivity index (χ1n) is 8.24. The van der Waals surface area contributed by atoms with E-state index in [1.54, 1.807) is 24.3 Å². The minimum Gasteiger partial charge on any atom is -0.338 e. The molecular formula is C19H13ClFN5OS. The van der Waals surface area contributed by atoms with E-state index in [0.717, 1.165) is 11.1 Å². The maximum atomic E-state index is 12.9. The van der Waals surface area contributed by atoms with Gasteiger partial charge in [-0.05, 0) is 35.9 Å². The van der Waals surface area contributed by atoms with Crippen molar-refractivity contribution in [1.29, 1.82) is 0 Å². The molecule has 0 spiro atoms. The Morgan fingerprint density at radius 2 is 1.89 bits per heavy atom. The first-order valence-corrected chi connectivity index (χ1v) is 9.60. The maximum Gasteiger partial charge on any atom is 0.237 e. The molecule has 1 N–H and O–H groups in total. The van der Waals surface area contributed by atoms with Crippen molar-refractivity contribution in [2.45, 2.75) is 10.9 Å². The fraction of sp³-hybridized carbons (Fsp3) is 0.0526. The lowest BCUT2D eigenvalue weighted by atomic mass is 10.2. The van der Waals surface area contributed by atoms with Crippen LogP contribution in [0.25, 0.3) is 23.5 Å². The van der Waals surface area contributed by atoms with E-state index in [-0.39, 0.29) is 5.82 Å². The second-order valence-corrected chi connectivity index (χ2v) is 7.02. The van der Waals surface area contributed by atoms with E-state index < -0.39 is 0 Å². The molecule has 0 bridgehead atoms. The average Bonchev–Trinajstić information content (AvgIpc) is 3.36. The van der Waals surface area contributed by atoms with Crippen LogP contribution in [0.15, 0.2) is 58.2 Å². The van der Waals surface area contributed by atoms with E-state index in [1.807, 2.05) is 24.3 Å². The second-order valence-electron chi connectivity index (χ2n) is 5.67. The Kier molecular flexibility index (Phi) is 5.50.